The van der Waals surface area contributed by atoms with E-state index in [1.54, 1.807) is 11.8 Å². The predicted molar refractivity (Wildman–Crippen MR) is 103 cm³/mol. The van der Waals surface area contributed by atoms with Crippen molar-refractivity contribution in [3.63, 3.8) is 0 Å². The standard InChI is InChI=1S/C20H25ClO2S/c1-20(2,3)16-6-10-19(11-7-16)24-14-18(22)13-23-12-15-4-8-17(21)9-5-15/h4-11,18,22H,12-14H2,1-3H3/t18-/m1/s1. The SMILES string of the molecule is CC(C)(C)c1ccc(SC[C@H](O)COCc2ccc(Cl)cc2)cc1. The van der Waals surface area contributed by atoms with Crippen LogP contribution in [0, 0.1) is 0 Å². The quantitative estimate of drug-likeness (QED) is 0.675. The summed E-state index contributed by atoms with van der Waals surface area (Å²) in [5.41, 5.74) is 2.54. The molecule has 0 amide bonds. The van der Waals surface area contributed by atoms with E-state index in [1.807, 2.05) is 24.3 Å². The highest BCUT2D eigenvalue weighted by Crippen LogP contribution is 2.26. The molecule has 0 saturated heterocycles. The number of aliphatic hydroxyl groups is 1. The number of benzene rings is 2. The van der Waals surface area contributed by atoms with Crippen LogP contribution in [-0.4, -0.2) is 23.6 Å². The van der Waals surface area contributed by atoms with Crippen LogP contribution in [0.2, 0.25) is 5.02 Å². The first-order valence-electron chi connectivity index (χ1n) is 8.08. The Morgan fingerprint density at radius 2 is 1.67 bits per heavy atom. The van der Waals surface area contributed by atoms with Gasteiger partial charge in [-0.2, -0.15) is 0 Å². The van der Waals surface area contributed by atoms with Gasteiger partial charge in [0.05, 0.1) is 19.3 Å². The van der Waals surface area contributed by atoms with Crippen molar-refractivity contribution in [1.29, 1.82) is 0 Å². The average Bonchev–Trinajstić information content (AvgIpc) is 2.54. The molecule has 0 aliphatic heterocycles. The minimum Gasteiger partial charge on any atom is -0.390 e. The fourth-order valence-electron chi connectivity index (χ4n) is 2.19. The van der Waals surface area contributed by atoms with E-state index in [0.29, 0.717) is 24.0 Å². The number of ether oxygens (including phenoxy) is 1. The van der Waals surface area contributed by atoms with E-state index in [0.717, 1.165) is 5.56 Å². The van der Waals surface area contributed by atoms with Gasteiger partial charge in [-0.3, -0.25) is 0 Å². The molecule has 0 aliphatic rings. The predicted octanol–water partition coefficient (Wildman–Crippen LogP) is 5.31. The zero-order valence-electron chi connectivity index (χ0n) is 14.5. The van der Waals surface area contributed by atoms with Crippen LogP contribution in [0.25, 0.3) is 0 Å². The van der Waals surface area contributed by atoms with E-state index in [2.05, 4.69) is 45.0 Å². The minimum absolute atomic E-state index is 0.165. The summed E-state index contributed by atoms with van der Waals surface area (Å²) in [5, 5.41) is 10.8. The summed E-state index contributed by atoms with van der Waals surface area (Å²) >= 11 is 7.50. The number of hydrogen-bond donors (Lipinski definition) is 1. The van der Waals surface area contributed by atoms with Gasteiger partial charge in [0.25, 0.3) is 0 Å². The van der Waals surface area contributed by atoms with Crippen molar-refractivity contribution in [3.05, 3.63) is 64.7 Å². The highest BCUT2D eigenvalue weighted by Gasteiger charge is 2.13. The summed E-state index contributed by atoms with van der Waals surface area (Å²) in [6.07, 6.45) is -0.482. The lowest BCUT2D eigenvalue weighted by molar-refractivity contribution is 0.0398. The van der Waals surface area contributed by atoms with E-state index >= 15 is 0 Å². The first-order valence-corrected chi connectivity index (χ1v) is 9.44. The Bertz CT molecular complexity index is 618. The lowest BCUT2D eigenvalue weighted by Crippen LogP contribution is -2.17. The van der Waals surface area contributed by atoms with Gasteiger partial charge < -0.3 is 9.84 Å². The van der Waals surface area contributed by atoms with Gasteiger partial charge >= 0.3 is 0 Å². The number of rotatable bonds is 7. The lowest BCUT2D eigenvalue weighted by atomic mass is 9.87. The fourth-order valence-corrected chi connectivity index (χ4v) is 3.12. The maximum Gasteiger partial charge on any atom is 0.0867 e. The molecule has 0 aromatic heterocycles. The normalized spacial score (nSPS) is 13.0. The first-order chi connectivity index (χ1) is 11.3. The summed E-state index contributed by atoms with van der Waals surface area (Å²) < 4.78 is 5.57. The molecule has 1 atom stereocenters. The Morgan fingerprint density at radius 1 is 1.04 bits per heavy atom. The highest BCUT2D eigenvalue weighted by atomic mass is 35.5. The Balaban J connectivity index is 1.71. The van der Waals surface area contributed by atoms with Crippen molar-refractivity contribution in [1.82, 2.24) is 0 Å². The number of aliphatic hydroxyl groups excluding tert-OH is 1. The third-order valence-corrected chi connectivity index (χ3v) is 5.06. The highest BCUT2D eigenvalue weighted by molar-refractivity contribution is 7.99. The molecule has 2 aromatic rings. The van der Waals surface area contributed by atoms with Gasteiger partial charge in [-0.25, -0.2) is 0 Å². The second-order valence-corrected chi connectivity index (χ2v) is 8.41. The molecule has 0 unspecified atom stereocenters. The summed E-state index contributed by atoms with van der Waals surface area (Å²) in [7, 11) is 0. The summed E-state index contributed by atoms with van der Waals surface area (Å²) in [4.78, 5) is 1.17. The molecule has 0 spiro atoms. The molecular weight excluding hydrogens is 340 g/mol. The van der Waals surface area contributed by atoms with Crippen LogP contribution >= 0.6 is 23.4 Å². The molecule has 130 valence electrons. The molecule has 24 heavy (non-hydrogen) atoms. The second kappa shape index (κ2) is 8.91. The zero-order valence-corrected chi connectivity index (χ0v) is 16.0. The van der Waals surface area contributed by atoms with Gasteiger partial charge in [0.2, 0.25) is 0 Å². The third kappa shape index (κ3) is 6.48. The first kappa shape index (κ1) is 19.3. The van der Waals surface area contributed by atoms with Crippen LogP contribution < -0.4 is 0 Å². The van der Waals surface area contributed by atoms with E-state index in [1.165, 1.54) is 10.5 Å². The topological polar surface area (TPSA) is 29.5 Å². The Hall–Kier alpha value is -1.00. The van der Waals surface area contributed by atoms with Crippen LogP contribution in [0.15, 0.2) is 53.4 Å². The van der Waals surface area contributed by atoms with E-state index in [-0.39, 0.29) is 5.41 Å². The van der Waals surface area contributed by atoms with Crippen LogP contribution in [0.4, 0.5) is 0 Å². The number of halogens is 1. The lowest BCUT2D eigenvalue weighted by Gasteiger charge is -2.19. The maximum atomic E-state index is 10.0. The van der Waals surface area contributed by atoms with Gasteiger partial charge in [0.15, 0.2) is 0 Å². The van der Waals surface area contributed by atoms with Gasteiger partial charge in [0, 0.05) is 15.7 Å². The Kier molecular flexibility index (Phi) is 7.17. The van der Waals surface area contributed by atoms with Gasteiger partial charge in [-0.1, -0.05) is 56.6 Å². The van der Waals surface area contributed by atoms with Crippen LogP contribution in [0.5, 0.6) is 0 Å². The summed E-state index contributed by atoms with van der Waals surface area (Å²) in [6.45, 7) is 7.43. The largest absolute Gasteiger partial charge is 0.390 e. The average molecular weight is 365 g/mol. The van der Waals surface area contributed by atoms with Crippen molar-refractivity contribution >= 4 is 23.4 Å². The molecule has 0 heterocycles. The smallest absolute Gasteiger partial charge is 0.0867 e. The Morgan fingerprint density at radius 3 is 2.25 bits per heavy atom. The summed E-state index contributed by atoms with van der Waals surface area (Å²) in [6, 6.07) is 16.1. The van der Waals surface area contributed by atoms with Gasteiger partial charge in [-0.05, 0) is 40.8 Å². The molecule has 4 heteroatoms. The van der Waals surface area contributed by atoms with Crippen molar-refractivity contribution in [2.24, 2.45) is 0 Å². The maximum absolute atomic E-state index is 10.0. The number of thioether (sulfide) groups is 1. The number of hydrogen-bond acceptors (Lipinski definition) is 3. The van der Waals surface area contributed by atoms with Gasteiger partial charge in [-0.15, -0.1) is 11.8 Å². The molecule has 0 bridgehead atoms. The minimum atomic E-state index is -0.482. The molecule has 1 N–H and O–H groups in total. The van der Waals surface area contributed by atoms with Crippen molar-refractivity contribution in [2.45, 2.75) is 43.8 Å². The molecule has 2 rings (SSSR count). The van der Waals surface area contributed by atoms with Crippen LogP contribution in [0.1, 0.15) is 31.9 Å². The molecule has 0 saturated carbocycles. The van der Waals surface area contributed by atoms with Crippen molar-refractivity contribution in [3.8, 4) is 0 Å². The monoisotopic (exact) mass is 364 g/mol. The summed E-state index contributed by atoms with van der Waals surface area (Å²) in [5.74, 6) is 0.621. The van der Waals surface area contributed by atoms with E-state index in [4.69, 9.17) is 16.3 Å². The van der Waals surface area contributed by atoms with Crippen molar-refractivity contribution in [2.75, 3.05) is 12.4 Å². The van der Waals surface area contributed by atoms with Crippen LogP contribution in [-0.2, 0) is 16.8 Å². The molecule has 0 radical (unpaired) electrons. The van der Waals surface area contributed by atoms with Crippen LogP contribution in [0.3, 0.4) is 0 Å². The molecule has 2 aromatic carbocycles. The Labute approximate surface area is 154 Å². The molecule has 2 nitrogen and oxygen atoms in total. The molecule has 0 fully saturated rings. The van der Waals surface area contributed by atoms with E-state index in [9.17, 15) is 5.11 Å². The fraction of sp³-hybridized carbons (Fsp3) is 0.400. The second-order valence-electron chi connectivity index (χ2n) is 6.88. The third-order valence-electron chi connectivity index (χ3n) is 3.65. The van der Waals surface area contributed by atoms with E-state index < -0.39 is 6.10 Å². The molecular formula is C20H25ClO2S. The molecule has 0 aliphatic carbocycles. The van der Waals surface area contributed by atoms with Crippen molar-refractivity contribution < 1.29 is 9.84 Å². The zero-order chi connectivity index (χ0) is 17.6. The van der Waals surface area contributed by atoms with Gasteiger partial charge in [0.1, 0.15) is 0 Å².